The fourth-order valence-corrected chi connectivity index (χ4v) is 6.26. The quantitative estimate of drug-likeness (QED) is 0.261. The zero-order valence-electron chi connectivity index (χ0n) is 21.3. The lowest BCUT2D eigenvalue weighted by Gasteiger charge is -2.30. The van der Waals surface area contributed by atoms with E-state index in [1.807, 2.05) is 26.8 Å². The van der Waals surface area contributed by atoms with E-state index in [2.05, 4.69) is 13.0 Å². The first-order valence-corrected chi connectivity index (χ1v) is 13.2. The van der Waals surface area contributed by atoms with E-state index >= 15 is 0 Å². The van der Waals surface area contributed by atoms with E-state index in [0.29, 0.717) is 66.1 Å². The number of benzene rings is 1. The summed E-state index contributed by atoms with van der Waals surface area (Å²) in [5.74, 6) is -0.423. The molecule has 0 saturated heterocycles. The Hall–Kier alpha value is -2.15. The minimum absolute atomic E-state index is 0.179. The van der Waals surface area contributed by atoms with Crippen molar-refractivity contribution < 1.29 is 27.5 Å². The van der Waals surface area contributed by atoms with Gasteiger partial charge in [0.25, 0.3) is 0 Å². The topological polar surface area (TPSA) is 43.4 Å². The third kappa shape index (κ3) is 6.54. The van der Waals surface area contributed by atoms with E-state index in [-0.39, 0.29) is 23.6 Å². The van der Waals surface area contributed by atoms with Crippen LogP contribution in [0.2, 0.25) is 0 Å². The first kappa shape index (κ1) is 27.4. The van der Waals surface area contributed by atoms with Crippen LogP contribution >= 0.6 is 11.3 Å². The van der Waals surface area contributed by atoms with Gasteiger partial charge in [-0.1, -0.05) is 32.9 Å². The summed E-state index contributed by atoms with van der Waals surface area (Å²) in [6, 6.07) is 4.09. The zero-order chi connectivity index (χ0) is 26.0. The third-order valence-electron chi connectivity index (χ3n) is 6.87. The average molecular weight is 509 g/mol. The number of carbonyl (C=O) groups excluding carboxylic acids is 2. The van der Waals surface area contributed by atoms with Crippen LogP contribution in [-0.4, -0.2) is 18.4 Å². The van der Waals surface area contributed by atoms with E-state index in [4.69, 9.17) is 4.74 Å². The van der Waals surface area contributed by atoms with Crippen molar-refractivity contribution >= 4 is 23.1 Å². The van der Waals surface area contributed by atoms with Crippen molar-refractivity contribution in [2.45, 2.75) is 92.2 Å². The van der Waals surface area contributed by atoms with Gasteiger partial charge >= 0.3 is 12.1 Å². The van der Waals surface area contributed by atoms with Gasteiger partial charge in [-0.15, -0.1) is 11.3 Å². The van der Waals surface area contributed by atoms with Gasteiger partial charge in [-0.2, -0.15) is 13.2 Å². The molecule has 1 aliphatic rings. The van der Waals surface area contributed by atoms with Gasteiger partial charge in [-0.25, -0.2) is 0 Å². The van der Waals surface area contributed by atoms with Crippen LogP contribution in [-0.2, 0) is 47.8 Å². The summed E-state index contributed by atoms with van der Waals surface area (Å²) in [6.07, 6.45) is -0.412. The van der Waals surface area contributed by atoms with Gasteiger partial charge in [0, 0.05) is 12.8 Å². The molecular weight excluding hydrogens is 473 g/mol. The Bertz CT molecular complexity index is 1100. The summed E-state index contributed by atoms with van der Waals surface area (Å²) in [5, 5.41) is 0. The molecule has 2 aromatic rings. The van der Waals surface area contributed by atoms with E-state index in [0.717, 1.165) is 35.1 Å². The van der Waals surface area contributed by atoms with Gasteiger partial charge < -0.3 is 4.74 Å². The zero-order valence-corrected chi connectivity index (χ0v) is 22.1. The first-order chi connectivity index (χ1) is 16.4. The van der Waals surface area contributed by atoms with Crippen molar-refractivity contribution in [3.63, 3.8) is 0 Å². The molecule has 3 rings (SSSR count). The largest absolute Gasteiger partial charge is 0.466 e. The van der Waals surface area contributed by atoms with Crippen molar-refractivity contribution in [2.24, 2.45) is 5.41 Å². The van der Waals surface area contributed by atoms with Crippen LogP contribution in [0.5, 0.6) is 0 Å². The van der Waals surface area contributed by atoms with Crippen LogP contribution < -0.4 is 0 Å². The van der Waals surface area contributed by atoms with Gasteiger partial charge in [0.05, 0.1) is 11.5 Å². The first-order valence-electron chi connectivity index (χ1n) is 12.4. The van der Waals surface area contributed by atoms with Crippen molar-refractivity contribution in [1.82, 2.24) is 0 Å². The van der Waals surface area contributed by atoms with Crippen molar-refractivity contribution in [1.29, 1.82) is 0 Å². The molecule has 7 heteroatoms. The Morgan fingerprint density at radius 1 is 1.09 bits per heavy atom. The van der Waals surface area contributed by atoms with E-state index in [1.54, 1.807) is 6.92 Å². The molecule has 0 bridgehead atoms. The summed E-state index contributed by atoms with van der Waals surface area (Å²) < 4.78 is 46.3. The molecular formula is C28H35F3O3S. The Kier molecular flexibility index (Phi) is 8.51. The molecule has 3 nitrogen and oxygen atoms in total. The van der Waals surface area contributed by atoms with Gasteiger partial charge in [-0.3, -0.25) is 9.59 Å². The number of ether oxygens (including phenoxy) is 1. The molecule has 1 aliphatic carbocycles. The Morgan fingerprint density at radius 3 is 2.43 bits per heavy atom. The lowest BCUT2D eigenvalue weighted by atomic mass is 9.74. The second-order valence-corrected chi connectivity index (χ2v) is 11.2. The number of Topliss-reactive ketones (excluding diaryl/α,β-unsaturated/α-hetero) is 1. The molecule has 0 spiro atoms. The molecule has 0 N–H and O–H groups in total. The third-order valence-corrected chi connectivity index (χ3v) is 8.23. The molecule has 0 saturated carbocycles. The second kappa shape index (κ2) is 10.9. The molecule has 1 heterocycles. The minimum Gasteiger partial charge on any atom is -0.466 e. The molecule has 1 aromatic heterocycles. The fourth-order valence-electron chi connectivity index (χ4n) is 5.06. The number of alkyl halides is 3. The van der Waals surface area contributed by atoms with Crippen LogP contribution in [0, 0.1) is 12.3 Å². The number of halogens is 3. The normalized spacial score (nSPS) is 15.1. The van der Waals surface area contributed by atoms with Crippen molar-refractivity contribution in [2.75, 3.05) is 6.61 Å². The molecule has 0 aliphatic heterocycles. The number of hydrogen-bond acceptors (Lipinski definition) is 4. The lowest BCUT2D eigenvalue weighted by molar-refractivity contribution is -0.143. The van der Waals surface area contributed by atoms with Gasteiger partial charge in [0.2, 0.25) is 0 Å². The maximum atomic E-state index is 13.7. The summed E-state index contributed by atoms with van der Waals surface area (Å²) in [5.41, 5.74) is 5.06. The number of rotatable bonds is 9. The summed E-state index contributed by atoms with van der Waals surface area (Å²) in [4.78, 5) is 24.6. The monoisotopic (exact) mass is 508 g/mol. The lowest BCUT2D eigenvalue weighted by Crippen LogP contribution is -2.24. The highest BCUT2D eigenvalue weighted by Gasteiger charge is 2.42. The number of aryl methyl sites for hydroxylation is 3. The van der Waals surface area contributed by atoms with Crippen LogP contribution in [0.4, 0.5) is 13.2 Å². The Labute approximate surface area is 210 Å². The number of thiophene rings is 1. The molecule has 0 amide bonds. The summed E-state index contributed by atoms with van der Waals surface area (Å²) in [6.45, 7) is 10.2. The molecule has 1 aromatic carbocycles. The van der Waals surface area contributed by atoms with Crippen LogP contribution in [0.1, 0.15) is 94.9 Å². The summed E-state index contributed by atoms with van der Waals surface area (Å²) in [7, 11) is 0. The maximum absolute atomic E-state index is 13.7. The SMILES string of the molecule is CCOC(=O)CCc1c(C)cc(CCC(=O)c2sc(C(F)(F)F)c3c2CCC(C)(C)C3)cc1CC. The molecule has 0 radical (unpaired) electrons. The molecule has 0 fully saturated rings. The van der Waals surface area contributed by atoms with Crippen molar-refractivity contribution in [3.05, 3.63) is 55.3 Å². The number of hydrogen-bond donors (Lipinski definition) is 0. The Balaban J connectivity index is 1.78. The minimum atomic E-state index is -4.44. The Morgan fingerprint density at radius 2 is 1.80 bits per heavy atom. The molecule has 0 atom stereocenters. The van der Waals surface area contributed by atoms with Gasteiger partial charge in [-0.05, 0) is 91.2 Å². The smallest absolute Gasteiger partial charge is 0.425 e. The van der Waals surface area contributed by atoms with Crippen LogP contribution in [0.25, 0.3) is 0 Å². The molecule has 35 heavy (non-hydrogen) atoms. The number of ketones is 1. The highest BCUT2D eigenvalue weighted by atomic mass is 32.1. The van der Waals surface area contributed by atoms with Gasteiger partial charge in [0.1, 0.15) is 4.88 Å². The molecule has 0 unspecified atom stereocenters. The number of esters is 1. The maximum Gasteiger partial charge on any atom is 0.425 e. The van der Waals surface area contributed by atoms with Crippen LogP contribution in [0.3, 0.4) is 0 Å². The van der Waals surface area contributed by atoms with E-state index < -0.39 is 11.1 Å². The highest BCUT2D eigenvalue weighted by Crippen LogP contribution is 2.47. The van der Waals surface area contributed by atoms with Crippen molar-refractivity contribution in [3.8, 4) is 0 Å². The standard InChI is InChI=1S/C28H35F3O3S/c1-6-19-15-18(14-17(3)20(19)9-11-24(33)34-7-2)8-10-23(32)25-21-12-13-27(4,5)16-22(21)26(35-25)28(29,30)31/h14-15H,6-13,16H2,1-5H3. The number of carbonyl (C=O) groups is 2. The molecule has 192 valence electrons. The predicted octanol–water partition coefficient (Wildman–Crippen LogP) is 7.46. The van der Waals surface area contributed by atoms with Crippen LogP contribution in [0.15, 0.2) is 12.1 Å². The number of fused-ring (bicyclic) bond motifs is 1. The summed E-state index contributed by atoms with van der Waals surface area (Å²) >= 11 is 0.634. The van der Waals surface area contributed by atoms with E-state index in [1.165, 1.54) is 0 Å². The second-order valence-electron chi connectivity index (χ2n) is 10.2. The van der Waals surface area contributed by atoms with E-state index in [9.17, 15) is 22.8 Å². The van der Waals surface area contributed by atoms with Gasteiger partial charge in [0.15, 0.2) is 5.78 Å². The highest BCUT2D eigenvalue weighted by molar-refractivity contribution is 7.14. The predicted molar refractivity (Wildman–Crippen MR) is 133 cm³/mol. The fraction of sp³-hybridized carbons (Fsp3) is 0.571. The average Bonchev–Trinajstić information content (AvgIpc) is 3.14.